The number of fused-ring (bicyclic) bond motifs is 3. The lowest BCUT2D eigenvalue weighted by molar-refractivity contribution is -0.151. The van der Waals surface area contributed by atoms with Crippen LogP contribution in [0.5, 0.6) is 11.5 Å². The van der Waals surface area contributed by atoms with Gasteiger partial charge in [0.1, 0.15) is 11.5 Å². The van der Waals surface area contributed by atoms with E-state index in [1.807, 2.05) is 18.2 Å². The summed E-state index contributed by atoms with van der Waals surface area (Å²) in [6.45, 7) is 0.193. The fourth-order valence-corrected chi connectivity index (χ4v) is 5.68. The number of rotatable bonds is 8. The van der Waals surface area contributed by atoms with Crippen molar-refractivity contribution in [2.24, 2.45) is 0 Å². The van der Waals surface area contributed by atoms with Gasteiger partial charge in [0, 0.05) is 35.1 Å². The summed E-state index contributed by atoms with van der Waals surface area (Å²) < 4.78 is 5.31. The number of aromatic hydroxyl groups is 2. The second kappa shape index (κ2) is 10.6. The van der Waals surface area contributed by atoms with Crippen molar-refractivity contribution in [1.29, 1.82) is 0 Å². The molecule has 3 aromatic rings. The summed E-state index contributed by atoms with van der Waals surface area (Å²) in [7, 11) is 0. The van der Waals surface area contributed by atoms with Crippen molar-refractivity contribution in [3.63, 3.8) is 0 Å². The van der Waals surface area contributed by atoms with E-state index in [-0.39, 0.29) is 52.8 Å². The van der Waals surface area contributed by atoms with Crippen molar-refractivity contribution < 1.29 is 39.5 Å². The fourth-order valence-electron chi connectivity index (χ4n) is 5.68. The van der Waals surface area contributed by atoms with Crippen molar-refractivity contribution >= 4 is 17.5 Å². The van der Waals surface area contributed by atoms with Crippen LogP contribution in [0.4, 0.5) is 0 Å². The van der Waals surface area contributed by atoms with Crippen molar-refractivity contribution in [2.75, 3.05) is 6.61 Å². The number of hydrogen-bond acceptors (Lipinski definition) is 8. The maximum absolute atomic E-state index is 13.2. The fraction of sp³-hybridized carbons (Fsp3) is 0.323. The van der Waals surface area contributed by atoms with Gasteiger partial charge in [-0.05, 0) is 31.2 Å². The van der Waals surface area contributed by atoms with Crippen LogP contribution in [0.2, 0.25) is 0 Å². The number of phenolic OH excluding ortho intramolecular Hbond substituents is 2. The number of aliphatic hydroxyl groups is 2. The van der Waals surface area contributed by atoms with E-state index < -0.39 is 47.2 Å². The molecule has 3 aromatic carbocycles. The Bertz CT molecular complexity index is 1440. The zero-order valence-electron chi connectivity index (χ0n) is 21.4. The van der Waals surface area contributed by atoms with Gasteiger partial charge in [-0.25, -0.2) is 0 Å². The lowest BCUT2D eigenvalue weighted by atomic mass is 9.72. The van der Waals surface area contributed by atoms with Gasteiger partial charge in [0.25, 0.3) is 0 Å². The monoisotopic (exact) mass is 530 g/mol. The number of phenols is 2. The molecule has 8 nitrogen and oxygen atoms in total. The Hall–Kier alpha value is -4.01. The topological polar surface area (TPSA) is 141 Å². The second-order valence-corrected chi connectivity index (χ2v) is 10.4. The van der Waals surface area contributed by atoms with Gasteiger partial charge in [0.05, 0.1) is 35.9 Å². The Balaban J connectivity index is 1.27. The summed E-state index contributed by atoms with van der Waals surface area (Å²) >= 11 is 0. The normalized spacial score (nSPS) is 19.7. The van der Waals surface area contributed by atoms with E-state index in [9.17, 15) is 34.8 Å². The zero-order chi connectivity index (χ0) is 27.7. The number of benzene rings is 3. The van der Waals surface area contributed by atoms with Crippen molar-refractivity contribution in [1.82, 2.24) is 0 Å². The lowest BCUT2D eigenvalue weighted by Crippen LogP contribution is -2.41. The third-order valence-corrected chi connectivity index (χ3v) is 7.56. The first-order valence-corrected chi connectivity index (χ1v) is 13.1. The number of carbonyl (C=O) groups excluding carboxylic acids is 3. The third-order valence-electron chi connectivity index (χ3n) is 7.56. The summed E-state index contributed by atoms with van der Waals surface area (Å²) in [5, 5.41) is 44.1. The highest BCUT2D eigenvalue weighted by molar-refractivity contribution is 6.30. The van der Waals surface area contributed by atoms with Gasteiger partial charge >= 0.3 is 5.97 Å². The number of ether oxygens (including phenoxy) is 1. The average molecular weight is 531 g/mol. The number of aryl methyl sites for hydroxylation is 1. The molecule has 0 aromatic heterocycles. The van der Waals surface area contributed by atoms with Crippen LogP contribution in [0.25, 0.3) is 0 Å². The number of esters is 1. The van der Waals surface area contributed by atoms with Crippen LogP contribution in [0.15, 0.2) is 54.6 Å². The van der Waals surface area contributed by atoms with E-state index in [2.05, 4.69) is 12.1 Å². The van der Waals surface area contributed by atoms with E-state index in [4.69, 9.17) is 4.74 Å². The van der Waals surface area contributed by atoms with Gasteiger partial charge in [-0.15, -0.1) is 0 Å². The Labute approximate surface area is 225 Å². The van der Waals surface area contributed by atoms with Crippen LogP contribution in [0.3, 0.4) is 0 Å². The minimum atomic E-state index is -1.78. The summed E-state index contributed by atoms with van der Waals surface area (Å²) in [5.41, 5.74) is -1.29. The third kappa shape index (κ3) is 5.05. The van der Waals surface area contributed by atoms with Gasteiger partial charge in [-0.1, -0.05) is 54.6 Å². The van der Waals surface area contributed by atoms with Gasteiger partial charge in [-0.3, -0.25) is 14.4 Å². The molecule has 0 saturated carbocycles. The Kier molecular flexibility index (Phi) is 7.25. The molecular formula is C31H30O8. The highest BCUT2D eigenvalue weighted by Crippen LogP contribution is 2.50. The molecule has 0 bridgehead atoms. The molecule has 2 aliphatic carbocycles. The molecule has 4 N–H and O–H groups in total. The van der Waals surface area contributed by atoms with Gasteiger partial charge in [0.15, 0.2) is 11.6 Å². The van der Waals surface area contributed by atoms with Crippen molar-refractivity contribution in [2.45, 2.75) is 56.7 Å². The standard InChI is InChI=1S/C31H30O8/c32-22-16-31(38,17-23(33)39-14-8-2-5-11-18-9-3-1-4-10-18)15-21-24(22)30(37)26-25(29(21)36)27(34)19-12-6-7-13-20(19)28(26)35/h1,3-4,6-7,9-10,12-13,22,32,36-38H,2,5,8,11,14-17H2/t22-,31+/m0/s1. The van der Waals surface area contributed by atoms with Crippen molar-refractivity contribution in [3.05, 3.63) is 93.5 Å². The SMILES string of the molecule is O=C(C[C@@]1(O)Cc2c(O)c3c(c(O)c2[C@@H](O)C1)C(=O)c1ccccc1C3=O)OCCCCCc1ccccc1. The van der Waals surface area contributed by atoms with Gasteiger partial charge in [0.2, 0.25) is 0 Å². The summed E-state index contributed by atoms with van der Waals surface area (Å²) in [4.78, 5) is 38.8. The molecule has 0 radical (unpaired) electrons. The number of hydrogen-bond donors (Lipinski definition) is 4. The summed E-state index contributed by atoms with van der Waals surface area (Å²) in [6.07, 6.45) is 0.853. The maximum atomic E-state index is 13.2. The molecule has 5 rings (SSSR count). The van der Waals surface area contributed by atoms with E-state index in [0.717, 1.165) is 19.3 Å². The molecule has 0 amide bonds. The number of unbranched alkanes of at least 4 members (excludes halogenated alkanes) is 2. The molecule has 0 heterocycles. The van der Waals surface area contributed by atoms with Gasteiger partial charge in [-0.2, -0.15) is 0 Å². The van der Waals surface area contributed by atoms with E-state index in [1.54, 1.807) is 12.1 Å². The van der Waals surface area contributed by atoms with Crippen LogP contribution in [-0.2, 0) is 22.4 Å². The molecule has 202 valence electrons. The minimum Gasteiger partial charge on any atom is -0.507 e. The van der Waals surface area contributed by atoms with E-state index in [0.29, 0.717) is 6.42 Å². The molecule has 0 unspecified atom stereocenters. The number of carbonyl (C=O) groups is 3. The highest BCUT2D eigenvalue weighted by atomic mass is 16.5. The quantitative estimate of drug-likeness (QED) is 0.153. The summed E-state index contributed by atoms with van der Waals surface area (Å²) in [5.74, 6) is -3.13. The lowest BCUT2D eigenvalue weighted by Gasteiger charge is -2.37. The van der Waals surface area contributed by atoms with Gasteiger partial charge < -0.3 is 25.2 Å². The predicted octanol–water partition coefficient (Wildman–Crippen LogP) is 3.93. The largest absolute Gasteiger partial charge is 0.507 e. The molecule has 0 spiro atoms. The number of ketones is 2. The van der Waals surface area contributed by atoms with Crippen LogP contribution >= 0.6 is 0 Å². The maximum Gasteiger partial charge on any atom is 0.308 e. The first-order valence-electron chi connectivity index (χ1n) is 13.1. The molecule has 0 aliphatic heterocycles. The molecule has 0 fully saturated rings. The number of aliphatic hydroxyl groups excluding tert-OH is 1. The Morgan fingerprint density at radius 1 is 0.872 bits per heavy atom. The molecule has 8 heteroatoms. The van der Waals surface area contributed by atoms with E-state index in [1.165, 1.54) is 17.7 Å². The van der Waals surface area contributed by atoms with Crippen LogP contribution in [-0.4, -0.2) is 50.2 Å². The summed E-state index contributed by atoms with van der Waals surface area (Å²) in [6, 6.07) is 16.2. The molecular weight excluding hydrogens is 500 g/mol. The van der Waals surface area contributed by atoms with Crippen LogP contribution < -0.4 is 0 Å². The first kappa shape index (κ1) is 26.6. The smallest absolute Gasteiger partial charge is 0.308 e. The van der Waals surface area contributed by atoms with E-state index >= 15 is 0 Å². The molecule has 39 heavy (non-hydrogen) atoms. The second-order valence-electron chi connectivity index (χ2n) is 10.4. The molecule has 2 aliphatic rings. The molecule has 0 saturated heterocycles. The zero-order valence-corrected chi connectivity index (χ0v) is 21.4. The molecule has 2 atom stereocenters. The van der Waals surface area contributed by atoms with Crippen molar-refractivity contribution in [3.8, 4) is 11.5 Å². The Morgan fingerprint density at radius 2 is 1.49 bits per heavy atom. The average Bonchev–Trinajstić information content (AvgIpc) is 2.91. The Morgan fingerprint density at radius 3 is 2.15 bits per heavy atom. The van der Waals surface area contributed by atoms with Crippen LogP contribution in [0, 0.1) is 0 Å². The predicted molar refractivity (Wildman–Crippen MR) is 141 cm³/mol. The van der Waals surface area contributed by atoms with Crippen LogP contribution in [0.1, 0.15) is 86.7 Å². The first-order chi connectivity index (χ1) is 18.7. The highest BCUT2D eigenvalue weighted by Gasteiger charge is 2.46. The minimum absolute atomic E-state index is 0.0678.